The predicted octanol–water partition coefficient (Wildman–Crippen LogP) is 1.95. The van der Waals surface area contributed by atoms with Crippen molar-refractivity contribution in [2.24, 2.45) is 0 Å². The Kier molecular flexibility index (Phi) is 6.76. The summed E-state index contributed by atoms with van der Waals surface area (Å²) in [5, 5.41) is 8.60. The van der Waals surface area contributed by atoms with Crippen LogP contribution in [0.3, 0.4) is 0 Å². The molecule has 1 N–H and O–H groups in total. The second-order valence-corrected chi connectivity index (χ2v) is 6.27. The summed E-state index contributed by atoms with van der Waals surface area (Å²) in [6.07, 6.45) is 0.0920. The van der Waals surface area contributed by atoms with E-state index in [0.717, 1.165) is 0 Å². The summed E-state index contributed by atoms with van der Waals surface area (Å²) in [6, 6.07) is 6.24. The summed E-state index contributed by atoms with van der Waals surface area (Å²) in [6.45, 7) is 5.08. The molecule has 0 spiro atoms. The monoisotopic (exact) mass is 337 g/mol. The van der Waals surface area contributed by atoms with Crippen LogP contribution in [-0.2, 0) is 14.3 Å². The number of aliphatic carboxylic acids is 1. The number of esters is 1. The number of carbonyl (C=O) groups is 3. The highest BCUT2D eigenvalue weighted by molar-refractivity contribution is 5.94. The van der Waals surface area contributed by atoms with Crippen molar-refractivity contribution >= 4 is 17.8 Å². The molecule has 0 aliphatic rings. The molecule has 1 aromatic rings. The summed E-state index contributed by atoms with van der Waals surface area (Å²) in [5.74, 6) is -1.47. The average Bonchev–Trinajstić information content (AvgIpc) is 2.48. The highest BCUT2D eigenvalue weighted by Gasteiger charge is 2.18. The van der Waals surface area contributed by atoms with Crippen LogP contribution in [0.25, 0.3) is 0 Å². The maximum Gasteiger partial charge on any atom is 0.341 e. The van der Waals surface area contributed by atoms with Crippen LogP contribution in [0.5, 0.6) is 5.75 Å². The molecule has 1 aromatic carbocycles. The fourth-order valence-corrected chi connectivity index (χ4v) is 1.84. The number of carboxylic acids is 1. The van der Waals surface area contributed by atoms with E-state index in [-0.39, 0.29) is 24.8 Å². The van der Waals surface area contributed by atoms with E-state index < -0.39 is 18.2 Å². The smallest absolute Gasteiger partial charge is 0.341 e. The maximum atomic E-state index is 12.3. The topological polar surface area (TPSA) is 93.1 Å². The van der Waals surface area contributed by atoms with Crippen molar-refractivity contribution in [1.82, 2.24) is 4.90 Å². The Labute approximate surface area is 141 Å². The number of carboxylic acid groups (broad SMARTS) is 1. The Balaban J connectivity index is 2.61. The van der Waals surface area contributed by atoms with E-state index in [9.17, 15) is 14.4 Å². The predicted molar refractivity (Wildman–Crippen MR) is 87.0 cm³/mol. The Morgan fingerprint density at radius 1 is 1.21 bits per heavy atom. The Bertz CT molecular complexity index is 605. The molecule has 1 rings (SSSR count). The Morgan fingerprint density at radius 3 is 2.46 bits per heavy atom. The summed E-state index contributed by atoms with van der Waals surface area (Å²) in [5.41, 5.74) is -0.209. The molecule has 0 heterocycles. The minimum absolute atomic E-state index is 0.0920. The van der Waals surface area contributed by atoms with Gasteiger partial charge in [0, 0.05) is 19.2 Å². The molecule has 0 bridgehead atoms. The van der Waals surface area contributed by atoms with Gasteiger partial charge >= 0.3 is 11.9 Å². The fraction of sp³-hybridized carbons (Fsp3) is 0.471. The first-order chi connectivity index (χ1) is 11.1. The zero-order valence-corrected chi connectivity index (χ0v) is 14.4. The molecule has 0 radical (unpaired) electrons. The van der Waals surface area contributed by atoms with E-state index in [1.807, 2.05) is 0 Å². The molecule has 0 unspecified atom stereocenters. The zero-order valence-electron chi connectivity index (χ0n) is 14.4. The third-order valence-corrected chi connectivity index (χ3v) is 2.86. The number of hydrogen-bond donors (Lipinski definition) is 1. The lowest BCUT2D eigenvalue weighted by Crippen LogP contribution is -2.31. The maximum absolute atomic E-state index is 12.3. The van der Waals surface area contributed by atoms with Crippen LogP contribution in [0.1, 0.15) is 37.6 Å². The first-order valence-electron chi connectivity index (χ1n) is 7.50. The second kappa shape index (κ2) is 8.33. The lowest BCUT2D eigenvalue weighted by atomic mass is 10.2. The third-order valence-electron chi connectivity index (χ3n) is 2.86. The SMILES string of the molecule is CN(CCC(=O)OC(C)(C)C)C(=O)c1cccc(OCC(=O)O)c1. The van der Waals surface area contributed by atoms with Crippen LogP contribution in [0.2, 0.25) is 0 Å². The van der Waals surface area contributed by atoms with Crippen LogP contribution >= 0.6 is 0 Å². The molecule has 0 aliphatic heterocycles. The molecule has 0 aliphatic carbocycles. The molecule has 7 heteroatoms. The van der Waals surface area contributed by atoms with Crippen molar-refractivity contribution in [1.29, 1.82) is 0 Å². The van der Waals surface area contributed by atoms with Crippen molar-refractivity contribution in [2.75, 3.05) is 20.2 Å². The number of benzene rings is 1. The van der Waals surface area contributed by atoms with Gasteiger partial charge in [-0.25, -0.2) is 4.79 Å². The zero-order chi connectivity index (χ0) is 18.3. The molecule has 0 saturated heterocycles. The largest absolute Gasteiger partial charge is 0.482 e. The van der Waals surface area contributed by atoms with Gasteiger partial charge in [0.15, 0.2) is 6.61 Å². The molecule has 0 saturated carbocycles. The van der Waals surface area contributed by atoms with Crippen LogP contribution in [0, 0.1) is 0 Å². The number of hydrogen-bond acceptors (Lipinski definition) is 5. The van der Waals surface area contributed by atoms with Gasteiger partial charge in [-0.2, -0.15) is 0 Å². The van der Waals surface area contributed by atoms with Gasteiger partial charge in [0.05, 0.1) is 6.42 Å². The van der Waals surface area contributed by atoms with E-state index in [2.05, 4.69) is 0 Å². The first-order valence-corrected chi connectivity index (χ1v) is 7.50. The minimum Gasteiger partial charge on any atom is -0.482 e. The quantitative estimate of drug-likeness (QED) is 0.765. The lowest BCUT2D eigenvalue weighted by molar-refractivity contribution is -0.155. The van der Waals surface area contributed by atoms with Crippen molar-refractivity contribution in [2.45, 2.75) is 32.8 Å². The fourth-order valence-electron chi connectivity index (χ4n) is 1.84. The van der Waals surface area contributed by atoms with Crippen LogP contribution in [-0.4, -0.2) is 53.7 Å². The summed E-state index contributed by atoms with van der Waals surface area (Å²) in [7, 11) is 1.58. The van der Waals surface area contributed by atoms with Gasteiger partial charge in [-0.05, 0) is 39.0 Å². The summed E-state index contributed by atoms with van der Waals surface area (Å²) < 4.78 is 10.2. The number of carbonyl (C=O) groups excluding carboxylic acids is 2. The number of nitrogens with zero attached hydrogens (tertiary/aromatic N) is 1. The average molecular weight is 337 g/mol. The van der Waals surface area contributed by atoms with E-state index in [1.54, 1.807) is 46.0 Å². The van der Waals surface area contributed by atoms with Crippen LogP contribution in [0.15, 0.2) is 24.3 Å². The lowest BCUT2D eigenvalue weighted by Gasteiger charge is -2.21. The van der Waals surface area contributed by atoms with E-state index in [1.165, 1.54) is 11.0 Å². The highest BCUT2D eigenvalue weighted by atomic mass is 16.6. The molecule has 1 amide bonds. The van der Waals surface area contributed by atoms with Gasteiger partial charge in [-0.3, -0.25) is 9.59 Å². The number of rotatable bonds is 7. The Hall–Kier alpha value is -2.57. The molecule has 7 nitrogen and oxygen atoms in total. The molecule has 132 valence electrons. The highest BCUT2D eigenvalue weighted by Crippen LogP contribution is 2.15. The normalized spacial score (nSPS) is 10.8. The number of amides is 1. The van der Waals surface area contributed by atoms with Crippen molar-refractivity contribution in [3.05, 3.63) is 29.8 Å². The molecular formula is C17H23NO6. The van der Waals surface area contributed by atoms with Gasteiger partial charge in [0.1, 0.15) is 11.4 Å². The van der Waals surface area contributed by atoms with E-state index >= 15 is 0 Å². The third kappa shape index (κ3) is 7.13. The van der Waals surface area contributed by atoms with Gasteiger partial charge in [0.25, 0.3) is 5.91 Å². The first kappa shape index (κ1) is 19.5. The van der Waals surface area contributed by atoms with Crippen LogP contribution in [0.4, 0.5) is 0 Å². The standard InChI is InChI=1S/C17H23NO6/c1-17(2,3)24-15(21)8-9-18(4)16(22)12-6-5-7-13(10-12)23-11-14(19)20/h5-7,10H,8-9,11H2,1-4H3,(H,19,20). The van der Waals surface area contributed by atoms with Crippen LogP contribution < -0.4 is 4.74 Å². The Morgan fingerprint density at radius 2 is 1.88 bits per heavy atom. The number of ether oxygens (including phenoxy) is 2. The summed E-state index contributed by atoms with van der Waals surface area (Å²) >= 11 is 0. The van der Waals surface area contributed by atoms with E-state index in [4.69, 9.17) is 14.6 Å². The minimum atomic E-state index is -1.10. The van der Waals surface area contributed by atoms with Gasteiger partial charge < -0.3 is 19.5 Å². The van der Waals surface area contributed by atoms with Crippen molar-refractivity contribution < 1.29 is 29.0 Å². The van der Waals surface area contributed by atoms with Crippen molar-refractivity contribution in [3.63, 3.8) is 0 Å². The molecule has 0 atom stereocenters. The van der Waals surface area contributed by atoms with Gasteiger partial charge in [-0.1, -0.05) is 6.07 Å². The van der Waals surface area contributed by atoms with E-state index in [0.29, 0.717) is 11.3 Å². The molecular weight excluding hydrogens is 314 g/mol. The van der Waals surface area contributed by atoms with Gasteiger partial charge in [0.2, 0.25) is 0 Å². The second-order valence-electron chi connectivity index (χ2n) is 6.27. The van der Waals surface area contributed by atoms with Gasteiger partial charge in [-0.15, -0.1) is 0 Å². The van der Waals surface area contributed by atoms with Crippen molar-refractivity contribution in [3.8, 4) is 5.75 Å². The molecule has 0 aromatic heterocycles. The molecule has 24 heavy (non-hydrogen) atoms. The molecule has 0 fully saturated rings. The summed E-state index contributed by atoms with van der Waals surface area (Å²) in [4.78, 5) is 35.9.